The van der Waals surface area contributed by atoms with Crippen LogP contribution in [0, 0.1) is 11.3 Å². The molecule has 102 valence electrons. The summed E-state index contributed by atoms with van der Waals surface area (Å²) in [6, 6.07) is 5.22. The fourth-order valence-electron chi connectivity index (χ4n) is 3.02. The highest BCUT2D eigenvalue weighted by atomic mass is 35.5. The van der Waals surface area contributed by atoms with Gasteiger partial charge in [0.2, 0.25) is 0 Å². The van der Waals surface area contributed by atoms with Gasteiger partial charge in [0.15, 0.2) is 5.78 Å². The number of hydrogen-bond donors (Lipinski definition) is 1. The molecule has 1 unspecified atom stereocenters. The van der Waals surface area contributed by atoms with Gasteiger partial charge in [-0.15, -0.1) is 0 Å². The first kappa shape index (κ1) is 13.4. The maximum absolute atomic E-state index is 12.9. The third-order valence-corrected chi connectivity index (χ3v) is 5.02. The van der Waals surface area contributed by atoms with E-state index >= 15 is 0 Å². The van der Waals surface area contributed by atoms with Crippen molar-refractivity contribution in [3.8, 4) is 0 Å². The van der Waals surface area contributed by atoms with E-state index in [-0.39, 0.29) is 11.2 Å². The first-order valence-electron chi connectivity index (χ1n) is 6.81. The molecule has 1 N–H and O–H groups in total. The van der Waals surface area contributed by atoms with Crippen LogP contribution in [0.1, 0.15) is 36.0 Å². The molecule has 1 aliphatic heterocycles. The Kier molecular flexibility index (Phi) is 3.59. The number of nitrogens with one attached hydrogen (secondary N) is 1. The lowest BCUT2D eigenvalue weighted by Gasteiger charge is -2.27. The topological polar surface area (TPSA) is 29.1 Å². The van der Waals surface area contributed by atoms with E-state index in [0.717, 1.165) is 31.8 Å². The molecule has 3 rings (SSSR count). The molecule has 0 bridgehead atoms. The van der Waals surface area contributed by atoms with Crippen molar-refractivity contribution >= 4 is 29.0 Å². The van der Waals surface area contributed by atoms with Crippen molar-refractivity contribution in [2.75, 3.05) is 13.1 Å². The van der Waals surface area contributed by atoms with Crippen molar-refractivity contribution in [1.82, 2.24) is 5.32 Å². The van der Waals surface area contributed by atoms with Crippen LogP contribution in [0.4, 0.5) is 0 Å². The van der Waals surface area contributed by atoms with Crippen molar-refractivity contribution < 1.29 is 4.79 Å². The van der Waals surface area contributed by atoms with E-state index in [9.17, 15) is 4.79 Å². The summed E-state index contributed by atoms with van der Waals surface area (Å²) in [6.45, 7) is 1.72. The molecule has 2 fully saturated rings. The van der Waals surface area contributed by atoms with Crippen LogP contribution in [0.2, 0.25) is 10.0 Å². The molecule has 1 heterocycles. The van der Waals surface area contributed by atoms with Gasteiger partial charge >= 0.3 is 0 Å². The Bertz CT molecular complexity index is 505. The molecule has 0 amide bonds. The number of carbonyl (C=O) groups excluding carboxylic acids is 1. The number of carbonyl (C=O) groups is 1. The van der Waals surface area contributed by atoms with Crippen molar-refractivity contribution in [2.45, 2.75) is 25.7 Å². The lowest BCUT2D eigenvalue weighted by molar-refractivity contribution is 0.0794. The van der Waals surface area contributed by atoms with Gasteiger partial charge in [-0.05, 0) is 43.5 Å². The quantitative estimate of drug-likeness (QED) is 0.853. The van der Waals surface area contributed by atoms with Gasteiger partial charge in [-0.3, -0.25) is 4.79 Å². The van der Waals surface area contributed by atoms with Gasteiger partial charge < -0.3 is 5.32 Å². The number of Topliss-reactive ketones (excluding diaryl/α,β-unsaturated/α-hetero) is 1. The fraction of sp³-hybridized carbons (Fsp3) is 0.533. The highest BCUT2D eigenvalue weighted by Crippen LogP contribution is 2.45. The van der Waals surface area contributed by atoms with Crippen LogP contribution in [0.25, 0.3) is 0 Å². The molecule has 0 spiro atoms. The number of ketones is 1. The predicted octanol–water partition coefficient (Wildman–Crippen LogP) is 3.96. The smallest absolute Gasteiger partial charge is 0.170 e. The Morgan fingerprint density at radius 3 is 2.68 bits per heavy atom. The van der Waals surface area contributed by atoms with Gasteiger partial charge in [0.1, 0.15) is 0 Å². The number of rotatable bonds is 4. The van der Waals surface area contributed by atoms with Crippen LogP contribution < -0.4 is 5.32 Å². The predicted molar refractivity (Wildman–Crippen MR) is 78.1 cm³/mol. The molecule has 1 aliphatic carbocycles. The van der Waals surface area contributed by atoms with Crippen molar-refractivity contribution in [3.63, 3.8) is 0 Å². The summed E-state index contributed by atoms with van der Waals surface area (Å²) in [5, 5.41) is 4.30. The number of hydrogen-bond acceptors (Lipinski definition) is 2. The Morgan fingerprint density at radius 2 is 2.11 bits per heavy atom. The van der Waals surface area contributed by atoms with Crippen LogP contribution in [-0.2, 0) is 0 Å². The summed E-state index contributed by atoms with van der Waals surface area (Å²) in [4.78, 5) is 12.9. The lowest BCUT2D eigenvalue weighted by atomic mass is 9.75. The molecule has 1 saturated carbocycles. The second kappa shape index (κ2) is 5.08. The molecule has 0 aromatic heterocycles. The average molecular weight is 298 g/mol. The van der Waals surface area contributed by atoms with Crippen LogP contribution in [0.3, 0.4) is 0 Å². The molecule has 0 radical (unpaired) electrons. The molecular formula is C15H17Cl2NO. The van der Waals surface area contributed by atoms with Crippen molar-refractivity contribution in [3.05, 3.63) is 33.8 Å². The standard InChI is InChI=1S/C15H17Cl2NO/c16-12-4-3-11(7-13(12)17)14(19)15(5-6-18-9-15)8-10-1-2-10/h3-4,7,10,18H,1-2,5-6,8-9H2. The molecule has 19 heavy (non-hydrogen) atoms. The summed E-state index contributed by atoms with van der Waals surface area (Å²) in [6.07, 6.45) is 4.49. The van der Waals surface area contributed by atoms with Gasteiger partial charge in [-0.2, -0.15) is 0 Å². The number of benzene rings is 1. The lowest BCUT2D eigenvalue weighted by Crippen LogP contribution is -2.34. The molecule has 1 saturated heterocycles. The van der Waals surface area contributed by atoms with Crippen molar-refractivity contribution in [2.24, 2.45) is 11.3 Å². The third kappa shape index (κ3) is 2.67. The van der Waals surface area contributed by atoms with Gasteiger partial charge in [-0.25, -0.2) is 0 Å². The minimum atomic E-state index is -0.224. The van der Waals surface area contributed by atoms with Gasteiger partial charge in [0, 0.05) is 17.5 Å². The Labute approximate surface area is 123 Å². The van der Waals surface area contributed by atoms with Crippen LogP contribution in [-0.4, -0.2) is 18.9 Å². The van der Waals surface area contributed by atoms with Crippen LogP contribution in [0.15, 0.2) is 18.2 Å². The van der Waals surface area contributed by atoms with E-state index < -0.39 is 0 Å². The van der Waals surface area contributed by atoms with E-state index in [2.05, 4.69) is 5.32 Å². The average Bonchev–Trinajstić information content (AvgIpc) is 3.07. The molecule has 1 aromatic carbocycles. The van der Waals surface area contributed by atoms with Gasteiger partial charge in [0.05, 0.1) is 10.0 Å². The minimum absolute atomic E-state index is 0.224. The molecule has 4 heteroatoms. The van der Waals surface area contributed by atoms with E-state index in [1.165, 1.54) is 12.8 Å². The largest absolute Gasteiger partial charge is 0.316 e. The normalized spacial score (nSPS) is 26.6. The zero-order chi connectivity index (χ0) is 13.5. The van der Waals surface area contributed by atoms with Gasteiger partial charge in [0.25, 0.3) is 0 Å². The molecule has 1 atom stereocenters. The van der Waals surface area contributed by atoms with Crippen LogP contribution >= 0.6 is 23.2 Å². The van der Waals surface area contributed by atoms with E-state index in [0.29, 0.717) is 15.6 Å². The molecular weight excluding hydrogens is 281 g/mol. The van der Waals surface area contributed by atoms with E-state index in [4.69, 9.17) is 23.2 Å². The first-order chi connectivity index (χ1) is 9.11. The second-order valence-corrected chi connectivity index (χ2v) is 6.63. The molecule has 2 aliphatic rings. The highest BCUT2D eigenvalue weighted by Gasteiger charge is 2.45. The summed E-state index contributed by atoms with van der Waals surface area (Å²) >= 11 is 11.9. The summed E-state index contributed by atoms with van der Waals surface area (Å²) in [5.74, 6) is 0.967. The van der Waals surface area contributed by atoms with Crippen LogP contribution in [0.5, 0.6) is 0 Å². The van der Waals surface area contributed by atoms with Gasteiger partial charge in [-0.1, -0.05) is 36.0 Å². The summed E-state index contributed by atoms with van der Waals surface area (Å²) in [7, 11) is 0. The number of halogens is 2. The Hall–Kier alpha value is -0.570. The first-order valence-corrected chi connectivity index (χ1v) is 7.57. The maximum Gasteiger partial charge on any atom is 0.170 e. The SMILES string of the molecule is O=C(c1ccc(Cl)c(Cl)c1)C1(CC2CC2)CCNC1. The van der Waals surface area contributed by atoms with E-state index in [1.54, 1.807) is 18.2 Å². The monoisotopic (exact) mass is 297 g/mol. The van der Waals surface area contributed by atoms with Crippen molar-refractivity contribution in [1.29, 1.82) is 0 Å². The summed E-state index contributed by atoms with van der Waals surface area (Å²) in [5.41, 5.74) is 0.469. The summed E-state index contributed by atoms with van der Waals surface area (Å²) < 4.78 is 0. The Morgan fingerprint density at radius 1 is 1.32 bits per heavy atom. The third-order valence-electron chi connectivity index (χ3n) is 4.28. The zero-order valence-corrected chi connectivity index (χ0v) is 12.2. The Balaban J connectivity index is 1.88. The zero-order valence-electron chi connectivity index (χ0n) is 10.7. The maximum atomic E-state index is 12.9. The second-order valence-electron chi connectivity index (χ2n) is 5.81. The molecule has 1 aromatic rings. The van der Waals surface area contributed by atoms with E-state index in [1.807, 2.05) is 0 Å². The molecule has 2 nitrogen and oxygen atoms in total. The minimum Gasteiger partial charge on any atom is -0.316 e. The highest BCUT2D eigenvalue weighted by molar-refractivity contribution is 6.42. The fourth-order valence-corrected chi connectivity index (χ4v) is 3.32.